The normalized spacial score (nSPS) is 11.1. The van der Waals surface area contributed by atoms with Gasteiger partial charge in [-0.25, -0.2) is 13.5 Å². The fourth-order valence-electron chi connectivity index (χ4n) is 2.87. The molecule has 0 bridgehead atoms. The molecule has 2 nitrogen and oxygen atoms in total. The van der Waals surface area contributed by atoms with Gasteiger partial charge in [0.25, 0.3) is 0 Å². The summed E-state index contributed by atoms with van der Waals surface area (Å²) in [5.74, 6) is -0.910. The molecule has 0 saturated heterocycles. The van der Waals surface area contributed by atoms with Gasteiger partial charge in [0.2, 0.25) is 0 Å². The first-order valence-electron chi connectivity index (χ1n) is 7.63. The van der Waals surface area contributed by atoms with Crippen molar-refractivity contribution in [3.05, 3.63) is 84.1 Å². The third-order valence-corrected chi connectivity index (χ3v) is 4.14. The van der Waals surface area contributed by atoms with Crippen molar-refractivity contribution in [2.24, 2.45) is 0 Å². The molecule has 0 aliphatic carbocycles. The van der Waals surface area contributed by atoms with Crippen LogP contribution in [0.1, 0.15) is 5.56 Å². The summed E-state index contributed by atoms with van der Waals surface area (Å²) in [6.45, 7) is 1.55. The quantitative estimate of drug-likeness (QED) is 0.491. The van der Waals surface area contributed by atoms with E-state index in [4.69, 9.17) is 0 Å². The summed E-state index contributed by atoms with van der Waals surface area (Å²) in [6, 6.07) is 18.8. The number of aryl methyl sites for hydroxylation is 1. The monoisotopic (exact) mass is 320 g/mol. The second-order valence-electron chi connectivity index (χ2n) is 5.72. The van der Waals surface area contributed by atoms with E-state index in [1.54, 1.807) is 6.92 Å². The van der Waals surface area contributed by atoms with Crippen LogP contribution in [-0.2, 0) is 0 Å². The first-order valence-corrected chi connectivity index (χ1v) is 7.63. The molecule has 4 heteroatoms. The molecule has 0 amide bonds. The van der Waals surface area contributed by atoms with Crippen molar-refractivity contribution in [1.29, 1.82) is 0 Å². The lowest BCUT2D eigenvalue weighted by molar-refractivity contribution is 0.605. The fourth-order valence-corrected chi connectivity index (χ4v) is 2.87. The molecule has 0 aliphatic heterocycles. The highest BCUT2D eigenvalue weighted by Crippen LogP contribution is 2.27. The Kier molecular flexibility index (Phi) is 3.38. The smallest absolute Gasteiger partial charge is 0.152 e. The number of benzene rings is 3. The van der Waals surface area contributed by atoms with Crippen molar-refractivity contribution < 1.29 is 8.78 Å². The van der Waals surface area contributed by atoms with Crippen LogP contribution in [0.2, 0.25) is 0 Å². The van der Waals surface area contributed by atoms with Crippen LogP contribution >= 0.6 is 0 Å². The zero-order valence-corrected chi connectivity index (χ0v) is 13.0. The molecule has 4 aromatic rings. The Morgan fingerprint density at radius 2 is 1.54 bits per heavy atom. The van der Waals surface area contributed by atoms with Gasteiger partial charge in [-0.15, -0.1) is 0 Å². The minimum atomic E-state index is -0.462. The van der Waals surface area contributed by atoms with Gasteiger partial charge in [-0.1, -0.05) is 42.5 Å². The van der Waals surface area contributed by atoms with Gasteiger partial charge in [-0.2, -0.15) is 5.10 Å². The molecule has 24 heavy (non-hydrogen) atoms. The van der Waals surface area contributed by atoms with Gasteiger partial charge in [-0.05, 0) is 41.8 Å². The fraction of sp³-hybridized carbons (Fsp3) is 0.0500. The van der Waals surface area contributed by atoms with E-state index in [0.29, 0.717) is 5.69 Å². The molecule has 0 fully saturated rings. The first-order chi connectivity index (χ1) is 11.6. The van der Waals surface area contributed by atoms with Gasteiger partial charge >= 0.3 is 0 Å². The number of halogens is 2. The van der Waals surface area contributed by atoms with Crippen LogP contribution in [0.15, 0.2) is 66.9 Å². The molecule has 0 aliphatic rings. The van der Waals surface area contributed by atoms with Crippen molar-refractivity contribution in [1.82, 2.24) is 9.78 Å². The van der Waals surface area contributed by atoms with E-state index in [2.05, 4.69) is 5.10 Å². The summed E-state index contributed by atoms with van der Waals surface area (Å²) in [4.78, 5) is 0. The lowest BCUT2D eigenvalue weighted by Gasteiger charge is -2.08. The predicted octanol–water partition coefficient (Wildman–Crippen LogP) is 5.28. The maximum atomic E-state index is 14.5. The summed E-state index contributed by atoms with van der Waals surface area (Å²) in [7, 11) is 0. The third-order valence-electron chi connectivity index (χ3n) is 4.14. The summed E-state index contributed by atoms with van der Waals surface area (Å²) in [5.41, 5.74) is 3.28. The highest BCUT2D eigenvalue weighted by atomic mass is 19.1. The average Bonchev–Trinajstić information content (AvgIpc) is 3.06. The first kappa shape index (κ1) is 14.6. The Labute approximate surface area is 138 Å². The highest BCUT2D eigenvalue weighted by molar-refractivity contribution is 5.82. The van der Waals surface area contributed by atoms with Crippen molar-refractivity contribution >= 4 is 10.9 Å². The van der Waals surface area contributed by atoms with Gasteiger partial charge in [0, 0.05) is 0 Å². The Morgan fingerprint density at radius 1 is 0.875 bits per heavy atom. The van der Waals surface area contributed by atoms with E-state index in [1.165, 1.54) is 16.9 Å². The Hall–Kier alpha value is -3.01. The van der Waals surface area contributed by atoms with E-state index in [0.717, 1.165) is 11.1 Å². The molecule has 1 aromatic heterocycles. The van der Waals surface area contributed by atoms with E-state index < -0.39 is 11.6 Å². The maximum Gasteiger partial charge on any atom is 0.152 e. The number of rotatable bonds is 2. The highest BCUT2D eigenvalue weighted by Gasteiger charge is 2.16. The van der Waals surface area contributed by atoms with Crippen molar-refractivity contribution in [3.8, 4) is 16.8 Å². The second kappa shape index (κ2) is 5.57. The zero-order valence-electron chi connectivity index (χ0n) is 13.0. The third kappa shape index (κ3) is 2.27. The molecule has 0 saturated carbocycles. The summed E-state index contributed by atoms with van der Waals surface area (Å²) in [6.07, 6.45) is 1.36. The Morgan fingerprint density at radius 3 is 2.25 bits per heavy atom. The molecule has 1 heterocycles. The number of hydrogen-bond acceptors (Lipinski definition) is 1. The van der Waals surface area contributed by atoms with Crippen LogP contribution in [-0.4, -0.2) is 9.78 Å². The van der Waals surface area contributed by atoms with E-state index in [-0.39, 0.29) is 16.5 Å². The lowest BCUT2D eigenvalue weighted by Crippen LogP contribution is -1.99. The van der Waals surface area contributed by atoms with E-state index >= 15 is 0 Å². The molecule has 118 valence electrons. The van der Waals surface area contributed by atoms with Crippen molar-refractivity contribution in [3.63, 3.8) is 0 Å². The maximum absolute atomic E-state index is 14.5. The molecule has 0 radical (unpaired) electrons. The van der Waals surface area contributed by atoms with E-state index in [9.17, 15) is 8.78 Å². The number of hydrogen-bond donors (Lipinski definition) is 0. The summed E-state index contributed by atoms with van der Waals surface area (Å²) >= 11 is 0. The molecule has 0 atom stereocenters. The molecular weight excluding hydrogens is 306 g/mol. The van der Waals surface area contributed by atoms with Gasteiger partial charge < -0.3 is 0 Å². The summed E-state index contributed by atoms with van der Waals surface area (Å²) in [5, 5.41) is 4.35. The van der Waals surface area contributed by atoms with Crippen LogP contribution in [0, 0.1) is 18.6 Å². The number of aromatic nitrogens is 2. The number of nitrogens with zero attached hydrogens (tertiary/aromatic N) is 2. The second-order valence-corrected chi connectivity index (χ2v) is 5.72. The molecule has 0 spiro atoms. The minimum Gasteiger partial charge on any atom is -0.230 e. The van der Waals surface area contributed by atoms with Gasteiger partial charge in [0.1, 0.15) is 11.3 Å². The predicted molar refractivity (Wildman–Crippen MR) is 91.2 cm³/mol. The number of fused-ring (bicyclic) bond motifs is 1. The van der Waals surface area contributed by atoms with Crippen LogP contribution in [0.4, 0.5) is 8.78 Å². The van der Waals surface area contributed by atoms with Gasteiger partial charge in [0.15, 0.2) is 5.82 Å². The molecule has 0 unspecified atom stereocenters. The largest absolute Gasteiger partial charge is 0.230 e. The van der Waals surface area contributed by atoms with Crippen LogP contribution in [0.5, 0.6) is 0 Å². The van der Waals surface area contributed by atoms with Crippen molar-refractivity contribution in [2.75, 3.05) is 0 Å². The molecule has 4 rings (SSSR count). The minimum absolute atomic E-state index is 0.167. The van der Waals surface area contributed by atoms with Crippen LogP contribution in [0.3, 0.4) is 0 Å². The van der Waals surface area contributed by atoms with Crippen molar-refractivity contribution in [2.45, 2.75) is 6.92 Å². The zero-order chi connectivity index (χ0) is 16.7. The van der Waals surface area contributed by atoms with Gasteiger partial charge in [0.05, 0.1) is 17.3 Å². The van der Waals surface area contributed by atoms with Gasteiger partial charge in [-0.3, -0.25) is 0 Å². The topological polar surface area (TPSA) is 17.8 Å². The Bertz CT molecular complexity index is 1020. The van der Waals surface area contributed by atoms with Crippen LogP contribution in [0.25, 0.3) is 27.7 Å². The SMILES string of the molecule is Cc1cc(F)c2cnn(-c3ccc(-c4ccccc4)cc3)c2c1F. The standard InChI is InChI=1S/C20H14F2N2/c1-13-11-18(21)17-12-23-24(20(17)19(13)22)16-9-7-15(8-10-16)14-5-3-2-4-6-14/h2-12H,1H3. The average molecular weight is 320 g/mol. The van der Waals surface area contributed by atoms with Crippen LogP contribution < -0.4 is 0 Å². The lowest BCUT2D eigenvalue weighted by atomic mass is 10.1. The molecular formula is C20H14F2N2. The van der Waals surface area contributed by atoms with E-state index in [1.807, 2.05) is 54.6 Å². The molecule has 0 N–H and O–H groups in total. The molecule has 3 aromatic carbocycles. The Balaban J connectivity index is 1.84. The summed E-state index contributed by atoms with van der Waals surface area (Å²) < 4.78 is 29.9.